The van der Waals surface area contributed by atoms with Gasteiger partial charge in [-0.05, 0) is 24.3 Å². The largest absolute Gasteiger partial charge is 0.497 e. The maximum absolute atomic E-state index is 10.5. The lowest BCUT2D eigenvalue weighted by Crippen LogP contribution is -1.96. The highest BCUT2D eigenvalue weighted by Gasteiger charge is 2.03. The van der Waals surface area contributed by atoms with E-state index in [9.17, 15) is 4.79 Å². The summed E-state index contributed by atoms with van der Waals surface area (Å²) in [6.07, 6.45) is 4.14. The predicted octanol–water partition coefficient (Wildman–Crippen LogP) is 2.92. The quantitative estimate of drug-likeness (QED) is 0.806. The van der Waals surface area contributed by atoms with E-state index in [0.717, 1.165) is 6.08 Å². The van der Waals surface area contributed by atoms with Gasteiger partial charge in [-0.1, -0.05) is 11.6 Å². The van der Waals surface area contributed by atoms with E-state index in [4.69, 9.17) is 26.2 Å². The average Bonchev–Trinajstić information content (AvgIpc) is 2.37. The van der Waals surface area contributed by atoms with E-state index in [1.165, 1.54) is 11.6 Å². The first-order chi connectivity index (χ1) is 8.67. The summed E-state index contributed by atoms with van der Waals surface area (Å²) in [5, 5.41) is 8.60. The lowest BCUT2D eigenvalue weighted by molar-refractivity contribution is -0.131. The Labute approximate surface area is 110 Å². The number of carbonyl (C=O) groups is 1. The van der Waals surface area contributed by atoms with E-state index in [-0.39, 0.29) is 0 Å². The molecule has 0 fully saturated rings. The Morgan fingerprint density at radius 2 is 2.28 bits per heavy atom. The van der Waals surface area contributed by atoms with Crippen molar-refractivity contribution in [3.05, 3.63) is 41.4 Å². The van der Waals surface area contributed by atoms with Crippen LogP contribution in [-0.2, 0) is 4.79 Å². The zero-order chi connectivity index (χ0) is 13.4. The van der Waals surface area contributed by atoms with Crippen LogP contribution in [0.4, 0.5) is 0 Å². The first kappa shape index (κ1) is 14.1. The van der Waals surface area contributed by atoms with Crippen molar-refractivity contribution in [2.75, 3.05) is 13.7 Å². The van der Waals surface area contributed by atoms with E-state index < -0.39 is 5.97 Å². The summed E-state index contributed by atoms with van der Waals surface area (Å²) in [7, 11) is 1.55. The maximum atomic E-state index is 10.5. The minimum atomic E-state index is -1.02. The number of hydrogen-bond acceptors (Lipinski definition) is 3. The molecular weight excluding hydrogens is 256 g/mol. The van der Waals surface area contributed by atoms with Crippen LogP contribution >= 0.6 is 11.6 Å². The fourth-order valence-electron chi connectivity index (χ4n) is 1.24. The highest BCUT2D eigenvalue weighted by atomic mass is 35.5. The monoisotopic (exact) mass is 268 g/mol. The Bertz CT molecular complexity index is 466. The second-order valence-corrected chi connectivity index (χ2v) is 3.50. The molecule has 1 N–H and O–H groups in total. The molecule has 4 nitrogen and oxygen atoms in total. The number of rotatable bonds is 6. The van der Waals surface area contributed by atoms with Crippen molar-refractivity contribution in [2.45, 2.75) is 0 Å². The van der Waals surface area contributed by atoms with Crippen molar-refractivity contribution in [2.24, 2.45) is 0 Å². The molecule has 0 radical (unpaired) electrons. The zero-order valence-corrected chi connectivity index (χ0v) is 10.6. The molecule has 0 saturated carbocycles. The van der Waals surface area contributed by atoms with E-state index in [2.05, 4.69) is 0 Å². The summed E-state index contributed by atoms with van der Waals surface area (Å²) in [6, 6.07) is 5.13. The molecule has 0 saturated heterocycles. The SMILES string of the molecule is COc1ccc(/C=C/C(=O)O)c(OC/C=C/Cl)c1. The average molecular weight is 269 g/mol. The van der Waals surface area contributed by atoms with Gasteiger partial charge in [0.05, 0.1) is 7.11 Å². The molecule has 18 heavy (non-hydrogen) atoms. The van der Waals surface area contributed by atoms with Crippen molar-refractivity contribution in [1.29, 1.82) is 0 Å². The van der Waals surface area contributed by atoms with Crippen LogP contribution in [0, 0.1) is 0 Å². The molecule has 1 aromatic carbocycles. The van der Waals surface area contributed by atoms with Crippen LogP contribution in [-0.4, -0.2) is 24.8 Å². The fourth-order valence-corrected chi connectivity index (χ4v) is 1.31. The summed E-state index contributed by atoms with van der Waals surface area (Å²) < 4.78 is 10.5. The third kappa shape index (κ3) is 4.51. The molecule has 0 bridgehead atoms. The van der Waals surface area contributed by atoms with E-state index in [0.29, 0.717) is 23.7 Å². The third-order valence-corrected chi connectivity index (χ3v) is 2.23. The third-order valence-electron chi connectivity index (χ3n) is 2.05. The number of ether oxygens (including phenoxy) is 2. The van der Waals surface area contributed by atoms with Crippen LogP contribution in [0.3, 0.4) is 0 Å². The van der Waals surface area contributed by atoms with Gasteiger partial charge in [-0.2, -0.15) is 0 Å². The number of carboxylic acid groups (broad SMARTS) is 1. The smallest absolute Gasteiger partial charge is 0.328 e. The van der Waals surface area contributed by atoms with Crippen LogP contribution in [0.1, 0.15) is 5.56 Å². The summed E-state index contributed by atoms with van der Waals surface area (Å²) in [5.41, 5.74) is 2.01. The van der Waals surface area contributed by atoms with Crippen LogP contribution in [0.15, 0.2) is 35.9 Å². The van der Waals surface area contributed by atoms with Crippen LogP contribution < -0.4 is 9.47 Å². The number of halogens is 1. The Morgan fingerprint density at radius 1 is 1.50 bits per heavy atom. The summed E-state index contributed by atoms with van der Waals surface area (Å²) >= 11 is 5.39. The summed E-state index contributed by atoms with van der Waals surface area (Å²) in [6.45, 7) is 0.296. The molecule has 0 aliphatic rings. The first-order valence-corrected chi connectivity index (χ1v) is 5.58. The van der Waals surface area contributed by atoms with Crippen molar-refractivity contribution >= 4 is 23.6 Å². The predicted molar refractivity (Wildman–Crippen MR) is 70.2 cm³/mol. The lowest BCUT2D eigenvalue weighted by atomic mass is 10.1. The fraction of sp³-hybridized carbons (Fsp3) is 0.154. The molecule has 1 aromatic rings. The van der Waals surface area contributed by atoms with Crippen molar-refractivity contribution in [1.82, 2.24) is 0 Å². The minimum absolute atomic E-state index is 0.296. The van der Waals surface area contributed by atoms with Gasteiger partial charge in [0.1, 0.15) is 18.1 Å². The Hall–Kier alpha value is -1.94. The van der Waals surface area contributed by atoms with E-state index in [1.807, 2.05) is 0 Å². The summed E-state index contributed by atoms with van der Waals surface area (Å²) in [5.74, 6) is 0.145. The highest BCUT2D eigenvalue weighted by molar-refractivity contribution is 6.25. The van der Waals surface area contributed by atoms with Crippen molar-refractivity contribution < 1.29 is 19.4 Å². The number of hydrogen-bond donors (Lipinski definition) is 1. The van der Waals surface area contributed by atoms with E-state index >= 15 is 0 Å². The van der Waals surface area contributed by atoms with Gasteiger partial charge in [0.2, 0.25) is 0 Å². The molecule has 5 heteroatoms. The second-order valence-electron chi connectivity index (χ2n) is 3.25. The topological polar surface area (TPSA) is 55.8 Å². The molecule has 1 rings (SSSR count). The van der Waals surface area contributed by atoms with Gasteiger partial charge in [-0.3, -0.25) is 0 Å². The van der Waals surface area contributed by atoms with Crippen LogP contribution in [0.2, 0.25) is 0 Å². The molecule has 0 unspecified atom stereocenters. The van der Waals surface area contributed by atoms with Crippen molar-refractivity contribution in [3.63, 3.8) is 0 Å². The Kier molecular flexibility index (Phi) is 5.80. The normalized spacial score (nSPS) is 11.0. The van der Waals surface area contributed by atoms with E-state index in [1.54, 1.807) is 31.4 Å². The van der Waals surface area contributed by atoms with Crippen LogP contribution in [0.25, 0.3) is 6.08 Å². The Morgan fingerprint density at radius 3 is 2.89 bits per heavy atom. The second kappa shape index (κ2) is 7.40. The van der Waals surface area contributed by atoms with Crippen LogP contribution in [0.5, 0.6) is 11.5 Å². The van der Waals surface area contributed by atoms with Gasteiger partial charge in [0.15, 0.2) is 0 Å². The molecule has 0 aliphatic heterocycles. The number of methoxy groups -OCH3 is 1. The van der Waals surface area contributed by atoms with Crippen molar-refractivity contribution in [3.8, 4) is 11.5 Å². The molecule has 0 atom stereocenters. The van der Waals surface area contributed by atoms with Gasteiger partial charge < -0.3 is 14.6 Å². The molecule has 0 aromatic heterocycles. The first-order valence-electron chi connectivity index (χ1n) is 5.14. The van der Waals surface area contributed by atoms with Gasteiger partial charge >= 0.3 is 5.97 Å². The Balaban J connectivity index is 2.96. The molecule has 0 aliphatic carbocycles. The molecule has 0 spiro atoms. The standard InChI is InChI=1S/C13H13ClO4/c1-17-11-5-3-10(4-6-13(15)16)12(9-11)18-8-2-7-14/h2-7,9H,8H2,1H3,(H,15,16)/b6-4+,7-2+. The zero-order valence-electron chi connectivity index (χ0n) is 9.80. The number of aliphatic carboxylic acids is 1. The number of carboxylic acids is 1. The molecule has 96 valence electrons. The molecule has 0 amide bonds. The summed E-state index contributed by atoms with van der Waals surface area (Å²) in [4.78, 5) is 10.5. The molecule has 0 heterocycles. The van der Waals surface area contributed by atoms with Gasteiger partial charge in [0.25, 0.3) is 0 Å². The number of benzene rings is 1. The highest BCUT2D eigenvalue weighted by Crippen LogP contribution is 2.26. The minimum Gasteiger partial charge on any atom is -0.497 e. The maximum Gasteiger partial charge on any atom is 0.328 e. The van der Waals surface area contributed by atoms with Gasteiger partial charge in [-0.25, -0.2) is 4.79 Å². The van der Waals surface area contributed by atoms with Gasteiger partial charge in [0, 0.05) is 23.2 Å². The van der Waals surface area contributed by atoms with Gasteiger partial charge in [-0.15, -0.1) is 0 Å². The molecular formula is C13H13ClO4. The lowest BCUT2D eigenvalue weighted by Gasteiger charge is -2.09.